The molecule has 112 valence electrons. The first-order valence-electron chi connectivity index (χ1n) is 7.12. The van der Waals surface area contributed by atoms with E-state index >= 15 is 0 Å². The van der Waals surface area contributed by atoms with Gasteiger partial charge < -0.3 is 15.8 Å². The monoisotopic (exact) mass is 278 g/mol. The van der Waals surface area contributed by atoms with Crippen LogP contribution in [-0.4, -0.2) is 19.6 Å². The van der Waals surface area contributed by atoms with E-state index in [1.165, 1.54) is 0 Å². The molecule has 0 aromatic heterocycles. The van der Waals surface area contributed by atoms with Crippen LogP contribution in [0.1, 0.15) is 38.8 Å². The van der Waals surface area contributed by atoms with Crippen LogP contribution in [0.4, 0.5) is 0 Å². The summed E-state index contributed by atoms with van der Waals surface area (Å²) in [5, 5.41) is 3.03. The number of nitrogens with two attached hydrogens (primary N) is 1. The summed E-state index contributed by atoms with van der Waals surface area (Å²) in [6.45, 7) is 6.56. The van der Waals surface area contributed by atoms with E-state index in [1.807, 2.05) is 31.2 Å². The van der Waals surface area contributed by atoms with Crippen molar-refractivity contribution in [2.75, 3.05) is 13.7 Å². The zero-order chi connectivity index (χ0) is 15.1. The van der Waals surface area contributed by atoms with Crippen molar-refractivity contribution in [1.82, 2.24) is 5.32 Å². The normalized spacial score (nSPS) is 13.9. The highest BCUT2D eigenvalue weighted by Gasteiger charge is 2.20. The van der Waals surface area contributed by atoms with Gasteiger partial charge in [-0.1, -0.05) is 26.0 Å². The van der Waals surface area contributed by atoms with Crippen LogP contribution in [0.25, 0.3) is 0 Å². The van der Waals surface area contributed by atoms with Gasteiger partial charge in [-0.15, -0.1) is 0 Å². The SMILES string of the molecule is COc1ccc([C@@H](C)NC(=O)C(CN)CC(C)C)cc1. The Morgan fingerprint density at radius 2 is 1.85 bits per heavy atom. The third-order valence-corrected chi connectivity index (χ3v) is 3.39. The number of carbonyl (C=O) groups excluding carboxylic acids is 1. The predicted molar refractivity (Wildman–Crippen MR) is 81.6 cm³/mol. The third kappa shape index (κ3) is 4.85. The number of ether oxygens (including phenoxy) is 1. The van der Waals surface area contributed by atoms with E-state index in [9.17, 15) is 4.79 Å². The van der Waals surface area contributed by atoms with Gasteiger partial charge >= 0.3 is 0 Å². The van der Waals surface area contributed by atoms with E-state index in [0.717, 1.165) is 17.7 Å². The van der Waals surface area contributed by atoms with E-state index in [0.29, 0.717) is 12.5 Å². The fourth-order valence-electron chi connectivity index (χ4n) is 2.19. The smallest absolute Gasteiger partial charge is 0.224 e. The van der Waals surface area contributed by atoms with Crippen molar-refractivity contribution in [2.45, 2.75) is 33.2 Å². The van der Waals surface area contributed by atoms with Crippen LogP contribution in [0.3, 0.4) is 0 Å². The molecule has 20 heavy (non-hydrogen) atoms. The first-order chi connectivity index (χ1) is 9.47. The minimum Gasteiger partial charge on any atom is -0.497 e. The highest BCUT2D eigenvalue weighted by molar-refractivity contribution is 5.79. The summed E-state index contributed by atoms with van der Waals surface area (Å²) < 4.78 is 5.13. The number of hydrogen-bond donors (Lipinski definition) is 2. The maximum absolute atomic E-state index is 12.2. The quantitative estimate of drug-likeness (QED) is 0.805. The van der Waals surface area contributed by atoms with Gasteiger partial charge in [0.1, 0.15) is 5.75 Å². The summed E-state index contributed by atoms with van der Waals surface area (Å²) >= 11 is 0. The van der Waals surface area contributed by atoms with Crippen molar-refractivity contribution in [3.8, 4) is 5.75 Å². The number of nitrogens with one attached hydrogen (secondary N) is 1. The standard InChI is InChI=1S/C16H26N2O2/c1-11(2)9-14(10-17)16(19)18-12(3)13-5-7-15(20-4)8-6-13/h5-8,11-12,14H,9-10,17H2,1-4H3,(H,18,19)/t12-,14?/m1/s1. The van der Waals surface area contributed by atoms with Gasteiger partial charge in [0.05, 0.1) is 19.1 Å². The van der Waals surface area contributed by atoms with Gasteiger partial charge in [-0.25, -0.2) is 0 Å². The number of methoxy groups -OCH3 is 1. The second-order valence-electron chi connectivity index (χ2n) is 5.57. The fraction of sp³-hybridized carbons (Fsp3) is 0.562. The van der Waals surface area contributed by atoms with Crippen LogP contribution in [0, 0.1) is 11.8 Å². The number of amides is 1. The first-order valence-corrected chi connectivity index (χ1v) is 7.12. The van der Waals surface area contributed by atoms with Crippen molar-refractivity contribution < 1.29 is 9.53 Å². The molecule has 0 fully saturated rings. The van der Waals surface area contributed by atoms with Crippen LogP contribution in [-0.2, 0) is 4.79 Å². The molecule has 4 nitrogen and oxygen atoms in total. The van der Waals surface area contributed by atoms with Gasteiger partial charge in [-0.2, -0.15) is 0 Å². The van der Waals surface area contributed by atoms with Crippen molar-refractivity contribution in [1.29, 1.82) is 0 Å². The largest absolute Gasteiger partial charge is 0.497 e. The zero-order valence-electron chi connectivity index (χ0n) is 12.8. The minimum atomic E-state index is -0.115. The van der Waals surface area contributed by atoms with E-state index in [4.69, 9.17) is 10.5 Å². The molecule has 1 aromatic rings. The molecule has 0 aliphatic heterocycles. The molecule has 0 saturated heterocycles. The molecule has 0 spiro atoms. The van der Waals surface area contributed by atoms with Crippen LogP contribution in [0.2, 0.25) is 0 Å². The van der Waals surface area contributed by atoms with Crippen LogP contribution < -0.4 is 15.8 Å². The van der Waals surface area contributed by atoms with Crippen molar-refractivity contribution in [3.63, 3.8) is 0 Å². The Balaban J connectivity index is 2.63. The topological polar surface area (TPSA) is 64.3 Å². The van der Waals surface area contributed by atoms with Crippen molar-refractivity contribution in [3.05, 3.63) is 29.8 Å². The van der Waals surface area contributed by atoms with Crippen LogP contribution >= 0.6 is 0 Å². The average molecular weight is 278 g/mol. The van der Waals surface area contributed by atoms with Crippen LogP contribution in [0.15, 0.2) is 24.3 Å². The van der Waals surface area contributed by atoms with Gasteiger partial charge in [-0.05, 0) is 37.0 Å². The summed E-state index contributed by atoms with van der Waals surface area (Å²) in [5.74, 6) is 1.19. The van der Waals surface area contributed by atoms with Gasteiger partial charge in [0.15, 0.2) is 0 Å². The van der Waals surface area contributed by atoms with E-state index in [1.54, 1.807) is 7.11 Å². The summed E-state index contributed by atoms with van der Waals surface area (Å²) in [4.78, 5) is 12.2. The lowest BCUT2D eigenvalue weighted by molar-refractivity contribution is -0.125. The van der Waals surface area contributed by atoms with Gasteiger partial charge in [0.25, 0.3) is 0 Å². The first kappa shape index (κ1) is 16.5. The Morgan fingerprint density at radius 3 is 2.30 bits per heavy atom. The average Bonchev–Trinajstić information content (AvgIpc) is 2.44. The number of benzene rings is 1. The number of hydrogen-bond acceptors (Lipinski definition) is 3. The predicted octanol–water partition coefficient (Wildman–Crippen LogP) is 2.49. The van der Waals surface area contributed by atoms with Crippen molar-refractivity contribution in [2.24, 2.45) is 17.6 Å². The highest BCUT2D eigenvalue weighted by Crippen LogP contribution is 2.18. The Bertz CT molecular complexity index is 415. The highest BCUT2D eigenvalue weighted by atomic mass is 16.5. The Kier molecular flexibility index (Phi) is 6.52. The van der Waals surface area contributed by atoms with E-state index < -0.39 is 0 Å². The lowest BCUT2D eigenvalue weighted by Crippen LogP contribution is -2.37. The van der Waals surface area contributed by atoms with Gasteiger partial charge in [0.2, 0.25) is 5.91 Å². The molecule has 0 aliphatic rings. The molecule has 0 radical (unpaired) electrons. The Hall–Kier alpha value is -1.55. The number of rotatable bonds is 7. The lowest BCUT2D eigenvalue weighted by atomic mass is 9.96. The molecule has 3 N–H and O–H groups in total. The molecular formula is C16H26N2O2. The van der Waals surface area contributed by atoms with E-state index in [-0.39, 0.29) is 17.9 Å². The second kappa shape index (κ2) is 7.90. The zero-order valence-corrected chi connectivity index (χ0v) is 12.8. The molecule has 4 heteroatoms. The number of carbonyl (C=O) groups is 1. The molecule has 1 rings (SSSR count). The molecule has 1 unspecified atom stereocenters. The summed E-state index contributed by atoms with van der Waals surface area (Å²) in [6, 6.07) is 7.68. The second-order valence-corrected chi connectivity index (χ2v) is 5.57. The van der Waals surface area contributed by atoms with Crippen molar-refractivity contribution >= 4 is 5.91 Å². The Morgan fingerprint density at radius 1 is 1.25 bits per heavy atom. The Labute approximate surface area is 121 Å². The van der Waals surface area contributed by atoms with Gasteiger partial charge in [0, 0.05) is 6.54 Å². The molecular weight excluding hydrogens is 252 g/mol. The van der Waals surface area contributed by atoms with E-state index in [2.05, 4.69) is 19.2 Å². The lowest BCUT2D eigenvalue weighted by Gasteiger charge is -2.21. The summed E-state index contributed by atoms with van der Waals surface area (Å²) in [6.07, 6.45) is 0.817. The molecule has 0 bridgehead atoms. The van der Waals surface area contributed by atoms with Gasteiger partial charge in [-0.3, -0.25) is 4.79 Å². The minimum absolute atomic E-state index is 0.0320. The molecule has 2 atom stereocenters. The molecule has 0 heterocycles. The summed E-state index contributed by atoms with van der Waals surface area (Å²) in [5.41, 5.74) is 6.75. The van der Waals surface area contributed by atoms with Crippen LogP contribution in [0.5, 0.6) is 5.75 Å². The molecule has 0 saturated carbocycles. The summed E-state index contributed by atoms with van der Waals surface area (Å²) in [7, 11) is 1.64. The third-order valence-electron chi connectivity index (χ3n) is 3.39. The molecule has 1 amide bonds. The molecule has 0 aliphatic carbocycles. The maximum atomic E-state index is 12.2. The molecule has 1 aromatic carbocycles. The maximum Gasteiger partial charge on any atom is 0.224 e. The fourth-order valence-corrected chi connectivity index (χ4v) is 2.19.